The quantitative estimate of drug-likeness (QED) is 0.154. The number of carbonyl (C=O) groups excluding carboxylic acids is 1. The van der Waals surface area contributed by atoms with Gasteiger partial charge in [-0.2, -0.15) is 4.98 Å². The summed E-state index contributed by atoms with van der Waals surface area (Å²) in [6.07, 6.45) is 1.83. The largest absolute Gasteiger partial charge is 0.497 e. The highest BCUT2D eigenvalue weighted by Crippen LogP contribution is 2.37. The van der Waals surface area contributed by atoms with Gasteiger partial charge < -0.3 is 33.7 Å². The molecule has 0 atom stereocenters. The van der Waals surface area contributed by atoms with Gasteiger partial charge in [-0.25, -0.2) is 4.98 Å². The summed E-state index contributed by atoms with van der Waals surface area (Å²) in [6.45, 7) is 10.1. The van der Waals surface area contributed by atoms with Gasteiger partial charge in [0.05, 0.1) is 49.2 Å². The molecule has 0 saturated carbocycles. The van der Waals surface area contributed by atoms with Crippen LogP contribution in [0.25, 0.3) is 22.3 Å². The van der Waals surface area contributed by atoms with E-state index in [0.29, 0.717) is 90.1 Å². The molecule has 0 bridgehead atoms. The molecule has 0 unspecified atom stereocenters. The van der Waals surface area contributed by atoms with Crippen molar-refractivity contribution in [2.24, 2.45) is 0 Å². The van der Waals surface area contributed by atoms with Crippen LogP contribution in [-0.2, 0) is 16.2 Å². The summed E-state index contributed by atoms with van der Waals surface area (Å²) < 4.78 is 24.5. The highest BCUT2D eigenvalue weighted by molar-refractivity contribution is 6.76. The fraction of sp³-hybridized carbons (Fsp3) is 0.387. The molecule has 2 aromatic heterocycles. The van der Waals surface area contributed by atoms with Gasteiger partial charge in [-0.1, -0.05) is 43.4 Å². The highest BCUT2D eigenvalue weighted by Gasteiger charge is 2.22. The predicted octanol–water partition coefficient (Wildman–Crippen LogP) is 6.30. The minimum absolute atomic E-state index is 0.0623. The van der Waals surface area contributed by atoms with Crippen LogP contribution in [0.5, 0.6) is 11.5 Å². The number of carbonyl (C=O) groups is 1. The van der Waals surface area contributed by atoms with Crippen molar-refractivity contribution < 1.29 is 23.7 Å². The van der Waals surface area contributed by atoms with Gasteiger partial charge in [0, 0.05) is 45.1 Å². The van der Waals surface area contributed by atoms with E-state index in [1.54, 1.807) is 37.3 Å². The van der Waals surface area contributed by atoms with E-state index in [0.717, 1.165) is 11.6 Å². The molecule has 43 heavy (non-hydrogen) atoms. The number of halogens is 1. The third-order valence-electron chi connectivity index (χ3n) is 7.23. The predicted molar refractivity (Wildman–Crippen MR) is 172 cm³/mol. The Morgan fingerprint density at radius 1 is 1.07 bits per heavy atom. The second kappa shape index (κ2) is 13.3. The Kier molecular flexibility index (Phi) is 9.55. The molecule has 4 aromatic rings. The van der Waals surface area contributed by atoms with Crippen molar-refractivity contribution in [2.75, 3.05) is 52.4 Å². The maximum atomic E-state index is 13.1. The summed E-state index contributed by atoms with van der Waals surface area (Å²) in [7, 11) is 1.96. The Balaban J connectivity index is 1.51. The minimum Gasteiger partial charge on any atom is -0.497 e. The Hall–Kier alpha value is -3.64. The highest BCUT2D eigenvalue weighted by atomic mass is 35.5. The molecule has 1 saturated heterocycles. The topological polar surface area (TPSA) is 100.0 Å². The number of hydrogen-bond acceptors (Lipinski definition) is 8. The summed E-state index contributed by atoms with van der Waals surface area (Å²) in [5, 5.41) is 4.55. The molecule has 1 fully saturated rings. The molecule has 0 radical (unpaired) electrons. The third kappa shape index (κ3) is 7.30. The molecule has 2 aromatic carbocycles. The molecule has 1 N–H and O–H groups in total. The molecule has 228 valence electrons. The molecule has 0 aliphatic carbocycles. The summed E-state index contributed by atoms with van der Waals surface area (Å²) in [5.41, 5.74) is 3.26. The van der Waals surface area contributed by atoms with E-state index in [9.17, 15) is 4.79 Å². The van der Waals surface area contributed by atoms with Crippen LogP contribution in [0.1, 0.15) is 10.4 Å². The van der Waals surface area contributed by atoms with E-state index in [1.165, 1.54) is 0 Å². The van der Waals surface area contributed by atoms with Gasteiger partial charge >= 0.3 is 0 Å². The first kappa shape index (κ1) is 30.8. The average Bonchev–Trinajstić information content (AvgIpc) is 3.33. The number of fused-ring (bicyclic) bond motifs is 1. The van der Waals surface area contributed by atoms with Crippen molar-refractivity contribution >= 4 is 48.3 Å². The molecule has 5 rings (SSSR count). The lowest BCUT2D eigenvalue weighted by atomic mass is 10.1. The number of benzene rings is 2. The molecule has 3 heterocycles. The Bertz CT molecular complexity index is 1600. The smallest absolute Gasteiger partial charge is 0.254 e. The molecule has 1 aliphatic rings. The van der Waals surface area contributed by atoms with Gasteiger partial charge in [0.25, 0.3) is 5.91 Å². The number of nitrogens with zero attached hydrogens (tertiary/aromatic N) is 4. The van der Waals surface area contributed by atoms with E-state index in [2.05, 4.69) is 25.0 Å². The number of anilines is 2. The molecular formula is C31H38ClN5O5Si. The van der Waals surface area contributed by atoms with Crippen molar-refractivity contribution in [3.05, 3.63) is 59.2 Å². The average molecular weight is 624 g/mol. The zero-order chi connectivity index (χ0) is 30.6. The summed E-state index contributed by atoms with van der Waals surface area (Å²) in [4.78, 5) is 24.6. The first-order valence-corrected chi connectivity index (χ1v) is 18.4. The van der Waals surface area contributed by atoms with Crippen LogP contribution in [0, 0.1) is 0 Å². The Morgan fingerprint density at radius 3 is 2.58 bits per heavy atom. The van der Waals surface area contributed by atoms with E-state index in [1.807, 2.05) is 35.0 Å². The van der Waals surface area contributed by atoms with Crippen LogP contribution in [0.3, 0.4) is 0 Å². The van der Waals surface area contributed by atoms with Crippen molar-refractivity contribution in [1.29, 1.82) is 0 Å². The van der Waals surface area contributed by atoms with Crippen LogP contribution >= 0.6 is 11.6 Å². The number of hydrogen-bond donors (Lipinski definition) is 1. The summed E-state index contributed by atoms with van der Waals surface area (Å²) >= 11 is 6.80. The standard InChI is InChI=1S/C31H38ClN5O5Si/c1-39-23-8-6-7-21(17-23)28-27-24(32)19-37(20-42-15-16-43(3,4)5)29(27)35-31(34-28)33-25-10-9-22(18-26(25)40-2)30(38)36-11-13-41-14-12-36/h6-10,17-19H,11-16,20H2,1-5H3,(H,33,34,35). The van der Waals surface area contributed by atoms with Gasteiger partial charge in [0.2, 0.25) is 5.95 Å². The molecular weight excluding hydrogens is 586 g/mol. The second-order valence-corrected chi connectivity index (χ2v) is 17.6. The van der Waals surface area contributed by atoms with Crippen LogP contribution < -0.4 is 14.8 Å². The third-order valence-corrected chi connectivity index (χ3v) is 9.22. The van der Waals surface area contributed by atoms with Crippen molar-refractivity contribution in [2.45, 2.75) is 32.4 Å². The Morgan fingerprint density at radius 2 is 1.86 bits per heavy atom. The van der Waals surface area contributed by atoms with E-state index in [4.69, 9.17) is 40.5 Å². The van der Waals surface area contributed by atoms with Gasteiger partial charge in [0.15, 0.2) is 0 Å². The minimum atomic E-state index is -1.24. The molecule has 10 nitrogen and oxygen atoms in total. The number of morpholine rings is 1. The van der Waals surface area contributed by atoms with Gasteiger partial charge in [-0.3, -0.25) is 4.79 Å². The lowest BCUT2D eigenvalue weighted by Gasteiger charge is -2.27. The van der Waals surface area contributed by atoms with Crippen molar-refractivity contribution in [1.82, 2.24) is 19.4 Å². The number of aromatic nitrogens is 3. The fourth-order valence-electron chi connectivity index (χ4n) is 4.81. The van der Waals surface area contributed by atoms with Crippen LogP contribution in [-0.4, -0.2) is 80.5 Å². The van der Waals surface area contributed by atoms with Crippen molar-refractivity contribution in [3.63, 3.8) is 0 Å². The number of amides is 1. The molecule has 1 aliphatic heterocycles. The monoisotopic (exact) mass is 623 g/mol. The molecule has 12 heteroatoms. The summed E-state index contributed by atoms with van der Waals surface area (Å²) in [5.74, 6) is 1.47. The lowest BCUT2D eigenvalue weighted by molar-refractivity contribution is 0.0302. The zero-order valence-electron chi connectivity index (χ0n) is 25.3. The van der Waals surface area contributed by atoms with Gasteiger partial charge in [-0.05, 0) is 36.4 Å². The van der Waals surface area contributed by atoms with Crippen LogP contribution in [0.4, 0.5) is 11.6 Å². The van der Waals surface area contributed by atoms with Crippen molar-refractivity contribution in [3.8, 4) is 22.8 Å². The van der Waals surface area contributed by atoms with E-state index >= 15 is 0 Å². The van der Waals surface area contributed by atoms with E-state index in [-0.39, 0.29) is 5.91 Å². The fourth-order valence-corrected chi connectivity index (χ4v) is 5.86. The SMILES string of the molecule is COc1cccc(-c2nc(Nc3ccc(C(=O)N4CCOCC4)cc3OC)nc3c2c(Cl)cn3COCC[Si](C)(C)C)c1. The second-order valence-electron chi connectivity index (χ2n) is 11.6. The number of methoxy groups -OCH3 is 2. The molecule has 0 spiro atoms. The number of nitrogens with one attached hydrogen (secondary N) is 1. The maximum absolute atomic E-state index is 13.1. The maximum Gasteiger partial charge on any atom is 0.254 e. The summed E-state index contributed by atoms with van der Waals surface area (Å²) in [6, 6.07) is 14.0. The van der Waals surface area contributed by atoms with Crippen LogP contribution in [0.15, 0.2) is 48.7 Å². The normalized spacial score (nSPS) is 13.8. The number of rotatable bonds is 11. The van der Waals surface area contributed by atoms with Gasteiger partial charge in [0.1, 0.15) is 23.9 Å². The first-order chi connectivity index (χ1) is 20.7. The zero-order valence-corrected chi connectivity index (χ0v) is 27.0. The van der Waals surface area contributed by atoms with E-state index < -0.39 is 8.07 Å². The van der Waals surface area contributed by atoms with Gasteiger partial charge in [-0.15, -0.1) is 0 Å². The Labute approximate surface area is 257 Å². The lowest BCUT2D eigenvalue weighted by Crippen LogP contribution is -2.40. The molecule has 1 amide bonds. The van der Waals surface area contributed by atoms with Crippen LogP contribution in [0.2, 0.25) is 30.7 Å². The first-order valence-electron chi connectivity index (χ1n) is 14.3. The number of ether oxygens (including phenoxy) is 4.